The molecule has 4 bridgehead atoms. The topological polar surface area (TPSA) is 107 Å². The van der Waals surface area contributed by atoms with Gasteiger partial charge in [0.2, 0.25) is 0 Å². The molecule has 0 aromatic carbocycles. The molecule has 2 saturated carbocycles. The van der Waals surface area contributed by atoms with Crippen LogP contribution >= 0.6 is 0 Å². The zero-order chi connectivity index (χ0) is 25.4. The normalized spacial score (nSPS) is 34.1. The van der Waals surface area contributed by atoms with Gasteiger partial charge in [0.05, 0.1) is 0 Å². The summed E-state index contributed by atoms with van der Waals surface area (Å²) in [4.78, 5) is 46.3. The van der Waals surface area contributed by atoms with Gasteiger partial charge in [0.25, 0.3) is 11.8 Å². The van der Waals surface area contributed by atoms with Gasteiger partial charge in [-0.1, -0.05) is 24.3 Å². The van der Waals surface area contributed by atoms with Crippen molar-refractivity contribution in [1.82, 2.24) is 4.90 Å². The molecule has 6 aliphatic rings. The number of allylic oxidation sites excluding steroid dienone is 4. The fourth-order valence-corrected chi connectivity index (χ4v) is 6.03. The largest absolute Gasteiger partial charge is 0.386 e. The maximum absolute atomic E-state index is 11.9. The Morgan fingerprint density at radius 1 is 0.743 bits per heavy atom. The molecule has 0 saturated heterocycles. The second-order valence-corrected chi connectivity index (χ2v) is 10.7. The van der Waals surface area contributed by atoms with E-state index in [0.29, 0.717) is 46.6 Å². The van der Waals surface area contributed by atoms with Gasteiger partial charge >= 0.3 is 11.9 Å². The third kappa shape index (κ3) is 4.96. The second kappa shape index (κ2) is 10.1. The summed E-state index contributed by atoms with van der Waals surface area (Å²) in [6.07, 6.45) is 14.4. The first-order valence-electron chi connectivity index (χ1n) is 12.6. The lowest BCUT2D eigenvalue weighted by molar-refractivity contribution is -0.151. The van der Waals surface area contributed by atoms with E-state index in [-0.39, 0.29) is 13.2 Å². The lowest BCUT2D eigenvalue weighted by Crippen LogP contribution is -2.37. The minimum absolute atomic E-state index is 0. The van der Waals surface area contributed by atoms with Gasteiger partial charge in [-0.2, -0.15) is 0 Å². The molecular formula is C28H38N2O5. The number of nitrogens with two attached hydrogens (primary N) is 1. The predicted octanol–water partition coefficient (Wildman–Crippen LogP) is 3.71. The molecule has 2 aliphatic heterocycles. The van der Waals surface area contributed by atoms with Gasteiger partial charge in [-0.3, -0.25) is 14.5 Å². The fourth-order valence-electron chi connectivity index (χ4n) is 6.03. The molecule has 0 radical (unpaired) electrons. The molecule has 2 N–H and O–H groups in total. The van der Waals surface area contributed by atoms with Crippen LogP contribution in [0.1, 0.15) is 54.8 Å². The van der Waals surface area contributed by atoms with Crippen molar-refractivity contribution in [2.75, 3.05) is 13.1 Å². The molecule has 7 heteroatoms. The minimum atomic E-state index is -0.516. The van der Waals surface area contributed by atoms with Gasteiger partial charge in [-0.15, -0.1) is 0 Å². The van der Waals surface area contributed by atoms with E-state index < -0.39 is 11.9 Å². The quantitative estimate of drug-likeness (QED) is 0.284. The van der Waals surface area contributed by atoms with Gasteiger partial charge in [0.1, 0.15) is 0 Å². The standard InChI is InChI=1S/C14H17NO2.C8H13N.C6H6O3.H2/c1-8-9(2)14(17)15(13(8)16)7-12-6-10-3-4-11(12)5-10;9-5-8-4-6-1-2-7(8)3-6;1-3-4(2)6(8)9-5(3)7;/h3-4,10-12H,5-7H2,1-2H3;1-2,6-8H,3-5,9H2;1-2H3;1H/i;;;1+1. The van der Waals surface area contributed by atoms with Crippen LogP contribution in [0, 0.1) is 35.5 Å². The first-order chi connectivity index (χ1) is 16.6. The van der Waals surface area contributed by atoms with Crippen LogP contribution in [0.3, 0.4) is 0 Å². The van der Waals surface area contributed by atoms with Gasteiger partial charge in [-0.25, -0.2) is 9.59 Å². The first kappa shape index (κ1) is 25.3. The van der Waals surface area contributed by atoms with Gasteiger partial charge in [-0.05, 0) is 95.4 Å². The highest BCUT2D eigenvalue weighted by molar-refractivity contribution is 6.18. The van der Waals surface area contributed by atoms with Crippen LogP contribution in [0.25, 0.3) is 0 Å². The van der Waals surface area contributed by atoms with Crippen molar-refractivity contribution >= 4 is 23.8 Å². The number of imide groups is 1. The summed E-state index contributed by atoms with van der Waals surface area (Å²) in [5.74, 6) is 3.11. The van der Waals surface area contributed by atoms with E-state index in [9.17, 15) is 19.2 Å². The fraction of sp³-hybridized carbons (Fsp3) is 0.571. The number of amides is 2. The minimum Gasteiger partial charge on any atom is -0.386 e. The molecule has 35 heavy (non-hydrogen) atoms. The summed E-state index contributed by atoms with van der Waals surface area (Å²) >= 11 is 0. The smallest absolute Gasteiger partial charge is 0.342 e. The molecule has 2 heterocycles. The molecule has 0 spiro atoms. The van der Waals surface area contributed by atoms with E-state index in [0.717, 1.165) is 30.7 Å². The van der Waals surface area contributed by atoms with E-state index in [1.807, 2.05) is 0 Å². The lowest BCUT2D eigenvalue weighted by Gasteiger charge is -2.24. The molecule has 6 rings (SSSR count). The predicted molar refractivity (Wildman–Crippen MR) is 133 cm³/mol. The molecule has 7 nitrogen and oxygen atoms in total. The Hall–Kier alpha value is -2.80. The number of esters is 2. The molecule has 2 amide bonds. The molecule has 190 valence electrons. The summed E-state index contributed by atoms with van der Waals surface area (Å²) in [7, 11) is 0. The maximum Gasteiger partial charge on any atom is 0.342 e. The van der Waals surface area contributed by atoms with Crippen LogP contribution in [0.4, 0.5) is 0 Å². The Bertz CT molecular complexity index is 1030. The molecule has 6 unspecified atom stereocenters. The lowest BCUT2D eigenvalue weighted by atomic mass is 9.93. The van der Waals surface area contributed by atoms with Crippen molar-refractivity contribution in [3.63, 3.8) is 0 Å². The average molecular weight is 484 g/mol. The van der Waals surface area contributed by atoms with Crippen molar-refractivity contribution in [1.29, 1.82) is 0 Å². The third-order valence-electron chi connectivity index (χ3n) is 8.61. The first-order valence-corrected chi connectivity index (χ1v) is 12.6. The Morgan fingerprint density at radius 2 is 1.20 bits per heavy atom. The Balaban J connectivity index is 0.000000162. The number of ether oxygens (including phenoxy) is 1. The number of fused-ring (bicyclic) bond motifs is 4. The Kier molecular flexibility index (Phi) is 7.27. The summed E-state index contributed by atoms with van der Waals surface area (Å²) in [6, 6.07) is 0. The van der Waals surface area contributed by atoms with Crippen LogP contribution < -0.4 is 5.73 Å². The molecule has 2 fully saturated rings. The van der Waals surface area contributed by atoms with E-state index in [1.54, 1.807) is 27.7 Å². The van der Waals surface area contributed by atoms with E-state index in [1.165, 1.54) is 24.2 Å². The maximum atomic E-state index is 11.9. The number of hydrogen-bond acceptors (Lipinski definition) is 6. The van der Waals surface area contributed by atoms with Gasteiger partial charge in [0, 0.05) is 30.3 Å². The SMILES string of the molecule is CC1=C(C)C(=O)N(CC2CC3C=CC2C3)C1=O.CC1=C(C)C(=O)OC1=O.NCC1CC2C=CC1C2.[2HH]. The van der Waals surface area contributed by atoms with E-state index in [4.69, 9.17) is 5.73 Å². The Labute approximate surface area is 208 Å². The number of hydrogen-bond donors (Lipinski definition) is 1. The van der Waals surface area contributed by atoms with Crippen molar-refractivity contribution in [2.24, 2.45) is 41.2 Å². The summed E-state index contributed by atoms with van der Waals surface area (Å²) in [6.45, 7) is 8.14. The van der Waals surface area contributed by atoms with Crippen LogP contribution in [0.15, 0.2) is 46.6 Å². The summed E-state index contributed by atoms with van der Waals surface area (Å²) in [5.41, 5.74) is 7.66. The zero-order valence-corrected chi connectivity index (χ0v) is 21.1. The molecule has 0 aromatic rings. The number of carbonyl (C=O) groups excluding carboxylic acids is 4. The van der Waals surface area contributed by atoms with Gasteiger partial charge < -0.3 is 10.5 Å². The molecule has 4 aliphatic carbocycles. The van der Waals surface area contributed by atoms with Crippen LogP contribution in [-0.2, 0) is 23.9 Å². The van der Waals surface area contributed by atoms with Crippen molar-refractivity contribution in [3.05, 3.63) is 46.6 Å². The summed E-state index contributed by atoms with van der Waals surface area (Å²) in [5, 5.41) is 0. The van der Waals surface area contributed by atoms with Crippen LogP contribution in [0.5, 0.6) is 0 Å². The average Bonchev–Trinajstić information content (AvgIpc) is 3.70. The van der Waals surface area contributed by atoms with Crippen molar-refractivity contribution in [2.45, 2.75) is 53.4 Å². The Morgan fingerprint density at radius 3 is 1.49 bits per heavy atom. The number of nitrogens with zero attached hydrogens (tertiary/aromatic N) is 1. The molecule has 6 atom stereocenters. The zero-order valence-electron chi connectivity index (χ0n) is 21.1. The molecular weight excluding hydrogens is 444 g/mol. The van der Waals surface area contributed by atoms with Gasteiger partial charge in [0.15, 0.2) is 0 Å². The number of carbonyl (C=O) groups is 4. The summed E-state index contributed by atoms with van der Waals surface area (Å²) < 4.78 is 4.23. The highest BCUT2D eigenvalue weighted by Gasteiger charge is 2.41. The second-order valence-electron chi connectivity index (χ2n) is 10.7. The van der Waals surface area contributed by atoms with E-state index in [2.05, 4.69) is 29.0 Å². The monoisotopic (exact) mass is 483 g/mol. The highest BCUT2D eigenvalue weighted by Crippen LogP contribution is 2.44. The number of rotatable bonds is 3. The highest BCUT2D eigenvalue weighted by atomic mass is 16.6. The van der Waals surface area contributed by atoms with E-state index >= 15 is 0 Å². The van der Waals surface area contributed by atoms with Crippen molar-refractivity contribution < 1.29 is 25.3 Å². The molecule has 0 aromatic heterocycles. The third-order valence-corrected chi connectivity index (χ3v) is 8.61. The van der Waals surface area contributed by atoms with Crippen LogP contribution in [-0.4, -0.2) is 41.7 Å². The number of cyclic esters (lactones) is 2. The van der Waals surface area contributed by atoms with Crippen LogP contribution in [0.2, 0.25) is 0 Å². The van der Waals surface area contributed by atoms with Crippen molar-refractivity contribution in [3.8, 4) is 0 Å².